The average Bonchev–Trinajstić information content (AvgIpc) is 3.11. The number of hydrogen-bond donors (Lipinski definition) is 1. The molecule has 1 saturated heterocycles. The van der Waals surface area contributed by atoms with Crippen LogP contribution in [0.2, 0.25) is 10.0 Å². The van der Waals surface area contributed by atoms with E-state index in [1.54, 1.807) is 11.3 Å². The topological polar surface area (TPSA) is 37.4 Å². The van der Waals surface area contributed by atoms with Crippen molar-refractivity contribution in [2.45, 2.75) is 12.8 Å². The zero-order chi connectivity index (χ0) is 16.5. The summed E-state index contributed by atoms with van der Waals surface area (Å²) in [7, 11) is 0. The van der Waals surface area contributed by atoms with Gasteiger partial charge < -0.3 is 10.1 Å². The second-order valence-corrected chi connectivity index (χ2v) is 8.04. The van der Waals surface area contributed by atoms with Gasteiger partial charge in [0.1, 0.15) is 0 Å². The highest BCUT2D eigenvalue weighted by atomic mass is 35.5. The maximum Gasteiger partial charge on any atom is 0.183 e. The summed E-state index contributed by atoms with van der Waals surface area (Å²) in [6.45, 7) is 5.85. The molecule has 0 radical (unpaired) electrons. The number of benzene rings is 1. The number of nitrogens with zero attached hydrogens (tertiary/aromatic N) is 2. The van der Waals surface area contributed by atoms with Crippen LogP contribution in [0.4, 0.5) is 5.13 Å². The van der Waals surface area contributed by atoms with Gasteiger partial charge in [0, 0.05) is 46.5 Å². The van der Waals surface area contributed by atoms with Crippen molar-refractivity contribution >= 4 is 39.7 Å². The summed E-state index contributed by atoms with van der Waals surface area (Å²) in [5, 5.41) is 5.85. The fourth-order valence-electron chi connectivity index (χ4n) is 3.24. The monoisotopic (exact) mass is 383 g/mol. The fraction of sp³-hybridized carbons (Fsp3) is 0.471. The Labute approximate surface area is 155 Å². The Hall–Kier alpha value is -0.850. The Bertz CT molecular complexity index is 744. The third-order valence-corrected chi connectivity index (χ3v) is 6.05. The van der Waals surface area contributed by atoms with E-state index in [0.29, 0.717) is 5.02 Å². The molecule has 1 aliphatic heterocycles. The van der Waals surface area contributed by atoms with Crippen molar-refractivity contribution in [1.82, 2.24) is 9.88 Å². The number of anilines is 1. The van der Waals surface area contributed by atoms with Crippen LogP contribution in [0.25, 0.3) is 11.3 Å². The average molecular weight is 384 g/mol. The maximum atomic E-state index is 6.30. The quantitative estimate of drug-likeness (QED) is 0.671. The van der Waals surface area contributed by atoms with E-state index in [9.17, 15) is 0 Å². The molecule has 2 aromatic rings. The lowest BCUT2D eigenvalue weighted by atomic mass is 10.1. The van der Waals surface area contributed by atoms with Crippen molar-refractivity contribution in [3.63, 3.8) is 0 Å². The first-order valence-corrected chi connectivity index (χ1v) is 9.80. The van der Waals surface area contributed by atoms with Gasteiger partial charge in [0.25, 0.3) is 0 Å². The van der Waals surface area contributed by atoms with Gasteiger partial charge in [-0.3, -0.25) is 4.90 Å². The summed E-state index contributed by atoms with van der Waals surface area (Å²) in [5.41, 5.74) is 3.27. The summed E-state index contributed by atoms with van der Waals surface area (Å²) in [6, 6.07) is 3.78. The summed E-state index contributed by atoms with van der Waals surface area (Å²) < 4.78 is 5.37. The van der Waals surface area contributed by atoms with E-state index in [2.05, 4.69) is 10.2 Å². The lowest BCUT2D eigenvalue weighted by Gasteiger charge is -2.26. The molecule has 1 aromatic heterocycles. The predicted molar refractivity (Wildman–Crippen MR) is 101 cm³/mol. The molecular formula is C17H19Cl2N3OS. The molecule has 0 spiro atoms. The van der Waals surface area contributed by atoms with Gasteiger partial charge in [-0.1, -0.05) is 23.2 Å². The van der Waals surface area contributed by atoms with Crippen molar-refractivity contribution in [3.8, 4) is 11.3 Å². The maximum absolute atomic E-state index is 6.30. The van der Waals surface area contributed by atoms with Crippen molar-refractivity contribution in [1.29, 1.82) is 0 Å². The standard InChI is InChI=1S/C17H19Cl2N3OS/c18-11-8-13-12(14(19)9-11)10-15-16(13)21-17(24-15)20-2-1-3-22-4-6-23-7-5-22/h8-9H,1-7,10H2,(H,20,21). The third kappa shape index (κ3) is 3.41. The van der Waals surface area contributed by atoms with Gasteiger partial charge in [-0.25, -0.2) is 4.98 Å². The van der Waals surface area contributed by atoms with E-state index in [4.69, 9.17) is 32.9 Å². The Morgan fingerprint density at radius 2 is 2.08 bits per heavy atom. The molecule has 4 rings (SSSR count). The van der Waals surface area contributed by atoms with Crippen LogP contribution < -0.4 is 5.32 Å². The number of fused-ring (bicyclic) bond motifs is 3. The predicted octanol–water partition coefficient (Wildman–Crippen LogP) is 4.16. The highest BCUT2D eigenvalue weighted by Crippen LogP contribution is 2.44. The molecule has 1 fully saturated rings. The molecule has 2 aliphatic rings. The highest BCUT2D eigenvalue weighted by molar-refractivity contribution is 7.16. The Morgan fingerprint density at radius 3 is 2.92 bits per heavy atom. The lowest BCUT2D eigenvalue weighted by molar-refractivity contribution is 0.0378. The van der Waals surface area contributed by atoms with Crippen molar-refractivity contribution in [3.05, 3.63) is 32.6 Å². The van der Waals surface area contributed by atoms with Crippen LogP contribution in [0.1, 0.15) is 16.9 Å². The molecular weight excluding hydrogens is 365 g/mol. The first kappa shape index (κ1) is 16.6. The molecule has 24 heavy (non-hydrogen) atoms. The van der Waals surface area contributed by atoms with Crippen LogP contribution in [0.5, 0.6) is 0 Å². The number of hydrogen-bond acceptors (Lipinski definition) is 5. The zero-order valence-corrected chi connectivity index (χ0v) is 15.6. The van der Waals surface area contributed by atoms with Crippen molar-refractivity contribution in [2.24, 2.45) is 0 Å². The molecule has 1 N–H and O–H groups in total. The Morgan fingerprint density at radius 1 is 1.25 bits per heavy atom. The molecule has 0 atom stereocenters. The molecule has 2 heterocycles. The van der Waals surface area contributed by atoms with Gasteiger partial charge in [0.15, 0.2) is 5.13 Å². The molecule has 0 saturated carbocycles. The van der Waals surface area contributed by atoms with Crippen LogP contribution in [-0.2, 0) is 11.2 Å². The minimum atomic E-state index is 0.666. The largest absolute Gasteiger partial charge is 0.379 e. The number of aromatic nitrogens is 1. The molecule has 1 aromatic carbocycles. The number of nitrogens with one attached hydrogen (secondary N) is 1. The molecule has 0 unspecified atom stereocenters. The van der Waals surface area contributed by atoms with Crippen LogP contribution in [-0.4, -0.2) is 49.3 Å². The highest BCUT2D eigenvalue weighted by Gasteiger charge is 2.25. The number of halogens is 2. The first-order valence-electron chi connectivity index (χ1n) is 8.22. The SMILES string of the molecule is Clc1cc(Cl)c2c(c1)-c1nc(NCCCN3CCOCC3)sc1C2. The van der Waals surface area contributed by atoms with Gasteiger partial charge in [-0.2, -0.15) is 0 Å². The second-order valence-electron chi connectivity index (χ2n) is 6.12. The number of ether oxygens (including phenoxy) is 1. The van der Waals surface area contributed by atoms with Crippen LogP contribution in [0.3, 0.4) is 0 Å². The smallest absolute Gasteiger partial charge is 0.183 e. The molecule has 0 bridgehead atoms. The molecule has 128 valence electrons. The normalized spacial score (nSPS) is 16.9. The van der Waals surface area contributed by atoms with E-state index in [1.165, 1.54) is 4.88 Å². The van der Waals surface area contributed by atoms with Crippen LogP contribution in [0, 0.1) is 0 Å². The minimum absolute atomic E-state index is 0.666. The molecule has 0 amide bonds. The second kappa shape index (κ2) is 7.18. The Balaban J connectivity index is 1.36. The van der Waals surface area contributed by atoms with Gasteiger partial charge in [-0.15, -0.1) is 11.3 Å². The molecule has 7 heteroatoms. The number of morpholine rings is 1. The van der Waals surface area contributed by atoms with E-state index >= 15 is 0 Å². The fourth-order valence-corrected chi connectivity index (χ4v) is 4.81. The molecule has 4 nitrogen and oxygen atoms in total. The van der Waals surface area contributed by atoms with Crippen molar-refractivity contribution < 1.29 is 4.74 Å². The number of rotatable bonds is 5. The lowest BCUT2D eigenvalue weighted by Crippen LogP contribution is -2.37. The van der Waals surface area contributed by atoms with E-state index in [-0.39, 0.29) is 0 Å². The van der Waals surface area contributed by atoms with Crippen LogP contribution in [0.15, 0.2) is 12.1 Å². The van der Waals surface area contributed by atoms with Crippen molar-refractivity contribution in [2.75, 3.05) is 44.7 Å². The van der Waals surface area contributed by atoms with E-state index < -0.39 is 0 Å². The summed E-state index contributed by atoms with van der Waals surface area (Å²) in [5.74, 6) is 0. The minimum Gasteiger partial charge on any atom is -0.379 e. The number of thiazole rings is 1. The van der Waals surface area contributed by atoms with E-state index in [1.807, 2.05) is 12.1 Å². The third-order valence-electron chi connectivity index (χ3n) is 4.48. The Kier molecular flexibility index (Phi) is 4.97. The summed E-state index contributed by atoms with van der Waals surface area (Å²) >= 11 is 14.2. The summed E-state index contributed by atoms with van der Waals surface area (Å²) in [4.78, 5) is 8.48. The van der Waals surface area contributed by atoms with Gasteiger partial charge in [0.2, 0.25) is 0 Å². The van der Waals surface area contributed by atoms with Gasteiger partial charge in [-0.05, 0) is 30.7 Å². The first-order chi connectivity index (χ1) is 11.7. The molecule has 1 aliphatic carbocycles. The van der Waals surface area contributed by atoms with Gasteiger partial charge in [0.05, 0.1) is 18.9 Å². The van der Waals surface area contributed by atoms with Crippen LogP contribution >= 0.6 is 34.5 Å². The van der Waals surface area contributed by atoms with E-state index in [0.717, 1.165) is 79.2 Å². The zero-order valence-electron chi connectivity index (χ0n) is 13.3. The summed E-state index contributed by atoms with van der Waals surface area (Å²) in [6.07, 6.45) is 1.96. The van der Waals surface area contributed by atoms with Gasteiger partial charge >= 0.3 is 0 Å².